The van der Waals surface area contributed by atoms with Crippen LogP contribution in [0.15, 0.2) is 47.2 Å². The van der Waals surface area contributed by atoms with E-state index in [9.17, 15) is 9.18 Å². The largest absolute Gasteiger partial charge is 0.334 e. The van der Waals surface area contributed by atoms with Crippen LogP contribution in [0.25, 0.3) is 11.5 Å². The van der Waals surface area contributed by atoms with Crippen molar-refractivity contribution in [1.29, 1.82) is 0 Å². The molecule has 0 spiro atoms. The fourth-order valence-electron chi connectivity index (χ4n) is 2.82. The molecule has 2 aromatic heterocycles. The summed E-state index contributed by atoms with van der Waals surface area (Å²) in [5.74, 6) is -0.0450. The maximum atomic E-state index is 13.5. The van der Waals surface area contributed by atoms with Crippen LogP contribution in [0.5, 0.6) is 0 Å². The van der Waals surface area contributed by atoms with E-state index in [1.165, 1.54) is 23.1 Å². The first kappa shape index (κ1) is 15.7. The van der Waals surface area contributed by atoms with Crippen LogP contribution < -0.4 is 4.90 Å². The van der Waals surface area contributed by atoms with Crippen molar-refractivity contribution in [1.82, 2.24) is 15.1 Å². The van der Waals surface area contributed by atoms with Gasteiger partial charge in [0.1, 0.15) is 5.82 Å². The molecule has 3 aromatic rings. The van der Waals surface area contributed by atoms with Gasteiger partial charge < -0.3 is 9.42 Å². The number of carbonyl (C=O) groups excluding carboxylic acids is 1. The molecule has 0 radical (unpaired) electrons. The SMILES string of the molecule is O=C1CC(c2noc(-c3ccncc3)n2)CN1c1cc(F)ccc1Cl. The van der Waals surface area contributed by atoms with Crippen molar-refractivity contribution in [3.05, 3.63) is 59.4 Å². The molecular formula is C17H12ClFN4O2. The summed E-state index contributed by atoms with van der Waals surface area (Å²) in [5.41, 5.74) is 1.11. The van der Waals surface area contributed by atoms with Crippen LogP contribution in [-0.2, 0) is 4.79 Å². The van der Waals surface area contributed by atoms with Crippen LogP contribution in [0.3, 0.4) is 0 Å². The molecule has 1 unspecified atom stereocenters. The second-order valence-electron chi connectivity index (χ2n) is 5.69. The summed E-state index contributed by atoms with van der Waals surface area (Å²) in [5, 5.41) is 4.31. The van der Waals surface area contributed by atoms with Gasteiger partial charge in [-0.3, -0.25) is 9.78 Å². The van der Waals surface area contributed by atoms with Gasteiger partial charge in [-0.25, -0.2) is 4.39 Å². The Morgan fingerprint density at radius 2 is 2.04 bits per heavy atom. The highest BCUT2D eigenvalue weighted by molar-refractivity contribution is 6.33. The Morgan fingerprint density at radius 1 is 1.24 bits per heavy atom. The average molecular weight is 359 g/mol. The Kier molecular flexibility index (Phi) is 3.93. The first-order valence-electron chi connectivity index (χ1n) is 7.61. The molecule has 0 N–H and O–H groups in total. The maximum absolute atomic E-state index is 13.5. The fourth-order valence-corrected chi connectivity index (χ4v) is 3.04. The van der Waals surface area contributed by atoms with E-state index in [-0.39, 0.29) is 18.2 Å². The molecule has 4 rings (SSSR count). The van der Waals surface area contributed by atoms with E-state index in [0.717, 1.165) is 5.56 Å². The molecule has 1 aliphatic heterocycles. The van der Waals surface area contributed by atoms with E-state index < -0.39 is 5.82 Å². The van der Waals surface area contributed by atoms with Crippen molar-refractivity contribution in [2.24, 2.45) is 0 Å². The second kappa shape index (κ2) is 6.25. The zero-order valence-corrected chi connectivity index (χ0v) is 13.7. The summed E-state index contributed by atoms with van der Waals surface area (Å²) in [4.78, 5) is 22.1. The third-order valence-electron chi connectivity index (χ3n) is 4.06. The van der Waals surface area contributed by atoms with Crippen LogP contribution in [0.1, 0.15) is 18.2 Å². The fraction of sp³-hybridized carbons (Fsp3) is 0.176. The molecule has 0 aliphatic carbocycles. The molecule has 1 aromatic carbocycles. The lowest BCUT2D eigenvalue weighted by Crippen LogP contribution is -2.24. The quantitative estimate of drug-likeness (QED) is 0.717. The number of rotatable bonds is 3. The molecule has 126 valence electrons. The number of hydrogen-bond acceptors (Lipinski definition) is 5. The number of hydrogen-bond donors (Lipinski definition) is 0. The van der Waals surface area contributed by atoms with E-state index in [4.69, 9.17) is 16.1 Å². The van der Waals surface area contributed by atoms with Crippen LogP contribution in [0.4, 0.5) is 10.1 Å². The number of amides is 1. The van der Waals surface area contributed by atoms with Crippen molar-refractivity contribution < 1.29 is 13.7 Å². The molecule has 1 saturated heterocycles. The minimum atomic E-state index is -0.449. The first-order valence-corrected chi connectivity index (χ1v) is 7.99. The molecule has 25 heavy (non-hydrogen) atoms. The lowest BCUT2D eigenvalue weighted by atomic mass is 10.1. The van der Waals surface area contributed by atoms with Gasteiger partial charge in [-0.2, -0.15) is 4.98 Å². The summed E-state index contributed by atoms with van der Waals surface area (Å²) in [7, 11) is 0. The van der Waals surface area contributed by atoms with Gasteiger partial charge in [-0.15, -0.1) is 0 Å². The number of benzene rings is 1. The second-order valence-corrected chi connectivity index (χ2v) is 6.10. The van der Waals surface area contributed by atoms with Crippen molar-refractivity contribution in [2.45, 2.75) is 12.3 Å². The maximum Gasteiger partial charge on any atom is 0.258 e. The van der Waals surface area contributed by atoms with E-state index in [1.807, 2.05) is 0 Å². The summed E-state index contributed by atoms with van der Waals surface area (Å²) in [6.07, 6.45) is 3.47. The molecule has 0 saturated carbocycles. The zero-order chi connectivity index (χ0) is 17.4. The topological polar surface area (TPSA) is 72.1 Å². The van der Waals surface area contributed by atoms with Crippen LogP contribution in [0.2, 0.25) is 5.02 Å². The Balaban J connectivity index is 1.59. The molecule has 1 aliphatic rings. The number of anilines is 1. The van der Waals surface area contributed by atoms with Gasteiger partial charge in [0.25, 0.3) is 5.89 Å². The van der Waals surface area contributed by atoms with Crippen molar-refractivity contribution in [3.8, 4) is 11.5 Å². The Morgan fingerprint density at radius 3 is 2.84 bits per heavy atom. The minimum absolute atomic E-state index is 0.159. The van der Waals surface area contributed by atoms with E-state index in [0.29, 0.717) is 29.0 Å². The Bertz CT molecular complexity index is 931. The molecule has 3 heterocycles. The third-order valence-corrected chi connectivity index (χ3v) is 4.38. The Labute approximate surface area is 147 Å². The third kappa shape index (κ3) is 2.98. The molecule has 6 nitrogen and oxygen atoms in total. The van der Waals surface area contributed by atoms with Crippen molar-refractivity contribution >= 4 is 23.2 Å². The van der Waals surface area contributed by atoms with Crippen LogP contribution >= 0.6 is 11.6 Å². The number of halogens is 2. The van der Waals surface area contributed by atoms with Gasteiger partial charge in [0.15, 0.2) is 5.82 Å². The van der Waals surface area contributed by atoms with Gasteiger partial charge >= 0.3 is 0 Å². The van der Waals surface area contributed by atoms with Gasteiger partial charge in [0.2, 0.25) is 5.91 Å². The molecule has 8 heteroatoms. The number of pyridine rings is 1. The van der Waals surface area contributed by atoms with Crippen LogP contribution in [0, 0.1) is 5.82 Å². The monoisotopic (exact) mass is 358 g/mol. The molecular weight excluding hydrogens is 347 g/mol. The molecule has 1 fully saturated rings. The van der Waals surface area contributed by atoms with Crippen molar-refractivity contribution in [3.63, 3.8) is 0 Å². The lowest BCUT2D eigenvalue weighted by molar-refractivity contribution is -0.117. The Hall–Kier alpha value is -2.80. The van der Waals surface area contributed by atoms with Gasteiger partial charge in [-0.05, 0) is 30.3 Å². The molecule has 0 bridgehead atoms. The number of nitrogens with zero attached hydrogens (tertiary/aromatic N) is 4. The predicted octanol–water partition coefficient (Wildman–Crippen LogP) is 3.44. The minimum Gasteiger partial charge on any atom is -0.334 e. The summed E-state index contributed by atoms with van der Waals surface area (Å²) in [6, 6.07) is 7.46. The standard InChI is InChI=1S/C17H12ClFN4O2/c18-13-2-1-12(19)8-14(13)23-9-11(7-15(23)24)16-21-17(25-22-16)10-3-5-20-6-4-10/h1-6,8,11H,7,9H2. The van der Waals surface area contributed by atoms with E-state index in [1.54, 1.807) is 24.5 Å². The summed E-state index contributed by atoms with van der Waals surface area (Å²) in [6.45, 7) is 0.317. The number of aromatic nitrogens is 3. The molecule has 1 atom stereocenters. The smallest absolute Gasteiger partial charge is 0.258 e. The highest BCUT2D eigenvalue weighted by Gasteiger charge is 2.35. The average Bonchev–Trinajstić information content (AvgIpc) is 3.25. The summed E-state index contributed by atoms with van der Waals surface area (Å²) < 4.78 is 18.8. The van der Waals surface area contributed by atoms with Gasteiger partial charge in [0.05, 0.1) is 10.7 Å². The highest BCUT2D eigenvalue weighted by atomic mass is 35.5. The van der Waals surface area contributed by atoms with E-state index in [2.05, 4.69) is 15.1 Å². The van der Waals surface area contributed by atoms with Crippen LogP contribution in [-0.4, -0.2) is 27.6 Å². The number of carbonyl (C=O) groups is 1. The lowest BCUT2D eigenvalue weighted by Gasteiger charge is -2.17. The summed E-state index contributed by atoms with van der Waals surface area (Å²) >= 11 is 6.10. The molecule has 1 amide bonds. The van der Waals surface area contributed by atoms with E-state index >= 15 is 0 Å². The van der Waals surface area contributed by atoms with Gasteiger partial charge in [-0.1, -0.05) is 16.8 Å². The normalized spacial score (nSPS) is 17.3. The van der Waals surface area contributed by atoms with Crippen molar-refractivity contribution in [2.75, 3.05) is 11.4 Å². The first-order chi connectivity index (χ1) is 12.1. The predicted molar refractivity (Wildman–Crippen MR) is 88.7 cm³/mol. The zero-order valence-electron chi connectivity index (χ0n) is 12.9. The van der Waals surface area contributed by atoms with Gasteiger partial charge in [0, 0.05) is 36.8 Å². The highest BCUT2D eigenvalue weighted by Crippen LogP contribution is 2.35.